The van der Waals surface area contributed by atoms with Gasteiger partial charge in [0.2, 0.25) is 5.88 Å². The van der Waals surface area contributed by atoms with Crippen LogP contribution in [0.5, 0.6) is 5.88 Å². The standard InChI is InChI=1S/C30H27ClFN5O4.C2HF3O2/c31-22-5-3-21(25(32)13-22)17-40-29-24(2-1-9-34-29)19-7-10-36(11-8-19)16-28-35-26-6-4-20(30(38)39)12-27(26)37(28)15-23-14-33-18-41-23;3-2(4,5)1(6)7/h1-6,9,12-14,18-19H,7-8,10-11,15-17H2,(H,38,39);(H,6,7). The molecule has 16 heteroatoms. The second-order valence-corrected chi connectivity index (χ2v) is 11.3. The molecule has 0 unspecified atom stereocenters. The fourth-order valence-electron chi connectivity index (χ4n) is 5.30. The van der Waals surface area contributed by atoms with Gasteiger partial charge in [0, 0.05) is 22.3 Å². The third-order valence-corrected chi connectivity index (χ3v) is 7.92. The highest BCUT2D eigenvalue weighted by atomic mass is 35.5. The van der Waals surface area contributed by atoms with Gasteiger partial charge in [0.1, 0.15) is 24.0 Å². The molecular weight excluding hydrogens is 662 g/mol. The number of benzene rings is 2. The van der Waals surface area contributed by atoms with Gasteiger partial charge in [0.25, 0.3) is 0 Å². The zero-order chi connectivity index (χ0) is 34.4. The Labute approximate surface area is 275 Å². The molecule has 1 aliphatic rings. The molecule has 0 atom stereocenters. The lowest BCUT2D eigenvalue weighted by Crippen LogP contribution is -2.33. The van der Waals surface area contributed by atoms with Crippen LogP contribution in [-0.2, 0) is 24.5 Å². The maximum absolute atomic E-state index is 14.3. The van der Waals surface area contributed by atoms with Crippen LogP contribution < -0.4 is 4.74 Å². The van der Waals surface area contributed by atoms with Gasteiger partial charge in [0.15, 0.2) is 6.39 Å². The molecule has 252 valence electrons. The molecule has 0 bridgehead atoms. The fourth-order valence-corrected chi connectivity index (χ4v) is 5.46. The smallest absolute Gasteiger partial charge is 0.478 e. The van der Waals surface area contributed by atoms with Gasteiger partial charge in [-0.15, -0.1) is 0 Å². The van der Waals surface area contributed by atoms with E-state index < -0.39 is 23.9 Å². The van der Waals surface area contributed by atoms with E-state index in [9.17, 15) is 27.5 Å². The number of carboxylic acid groups (broad SMARTS) is 2. The number of hydrogen-bond acceptors (Lipinski definition) is 8. The summed E-state index contributed by atoms with van der Waals surface area (Å²) >= 11 is 5.87. The number of ether oxygens (including phenoxy) is 1. The third kappa shape index (κ3) is 8.46. The highest BCUT2D eigenvalue weighted by Gasteiger charge is 2.38. The van der Waals surface area contributed by atoms with Gasteiger partial charge in [-0.2, -0.15) is 13.2 Å². The van der Waals surface area contributed by atoms with Crippen LogP contribution in [-0.4, -0.2) is 65.8 Å². The molecule has 11 nitrogen and oxygen atoms in total. The number of imidazole rings is 1. The molecule has 6 rings (SSSR count). The molecule has 1 fully saturated rings. The molecule has 5 aromatic rings. The Hall–Kier alpha value is -5.02. The molecule has 0 aliphatic carbocycles. The van der Waals surface area contributed by atoms with Gasteiger partial charge >= 0.3 is 18.1 Å². The van der Waals surface area contributed by atoms with Gasteiger partial charge in [-0.05, 0) is 68.2 Å². The number of aliphatic carboxylic acids is 1. The summed E-state index contributed by atoms with van der Waals surface area (Å²) in [4.78, 5) is 36.1. The van der Waals surface area contributed by atoms with E-state index in [4.69, 9.17) is 35.6 Å². The van der Waals surface area contributed by atoms with Crippen molar-refractivity contribution in [3.05, 3.63) is 106 Å². The summed E-state index contributed by atoms with van der Waals surface area (Å²) < 4.78 is 59.4. The molecule has 3 aromatic heterocycles. The minimum Gasteiger partial charge on any atom is -0.478 e. The van der Waals surface area contributed by atoms with E-state index in [0.717, 1.165) is 48.4 Å². The number of fused-ring (bicyclic) bond motifs is 1. The van der Waals surface area contributed by atoms with Gasteiger partial charge < -0.3 is 23.9 Å². The first-order valence-electron chi connectivity index (χ1n) is 14.5. The van der Waals surface area contributed by atoms with Crippen molar-refractivity contribution in [2.75, 3.05) is 13.1 Å². The number of rotatable bonds is 9. The number of halogens is 5. The summed E-state index contributed by atoms with van der Waals surface area (Å²) in [6.07, 6.45) is 1.41. The zero-order valence-corrected chi connectivity index (χ0v) is 25.8. The molecule has 1 aliphatic heterocycles. The predicted octanol–water partition coefficient (Wildman–Crippen LogP) is 6.55. The Kier molecular flexibility index (Phi) is 10.6. The number of aromatic nitrogens is 4. The van der Waals surface area contributed by atoms with E-state index in [1.54, 1.807) is 42.7 Å². The Morgan fingerprint density at radius 1 is 1.06 bits per heavy atom. The topological polar surface area (TPSA) is 144 Å². The lowest BCUT2D eigenvalue weighted by molar-refractivity contribution is -0.192. The van der Waals surface area contributed by atoms with Crippen LogP contribution in [0.4, 0.5) is 17.6 Å². The Balaban J connectivity index is 0.000000582. The normalized spacial score (nSPS) is 14.0. The van der Waals surface area contributed by atoms with Crippen molar-refractivity contribution in [1.29, 1.82) is 0 Å². The van der Waals surface area contributed by atoms with Gasteiger partial charge in [-0.1, -0.05) is 23.7 Å². The second kappa shape index (κ2) is 14.8. The Bertz CT molecular complexity index is 1890. The Morgan fingerprint density at radius 3 is 2.46 bits per heavy atom. The number of alkyl halides is 3. The summed E-state index contributed by atoms with van der Waals surface area (Å²) in [5.41, 5.74) is 3.11. The SMILES string of the molecule is O=C(O)C(F)(F)F.O=C(O)c1ccc2nc(CN3CCC(c4cccnc4OCc4ccc(Cl)cc4F)CC3)n(Cc3cnco3)c2c1. The highest BCUT2D eigenvalue weighted by Crippen LogP contribution is 2.34. The number of nitrogens with zero attached hydrogens (tertiary/aromatic N) is 5. The number of oxazole rings is 1. The number of piperidine rings is 1. The molecular formula is C32H28ClF4N5O6. The average molecular weight is 690 g/mol. The van der Waals surface area contributed by atoms with Crippen molar-refractivity contribution in [1.82, 2.24) is 24.4 Å². The average Bonchev–Trinajstić information content (AvgIpc) is 3.69. The molecule has 2 aromatic carbocycles. The molecule has 48 heavy (non-hydrogen) atoms. The lowest BCUT2D eigenvalue weighted by atomic mass is 9.90. The minimum absolute atomic E-state index is 0.0663. The monoisotopic (exact) mass is 689 g/mol. The van der Waals surface area contributed by atoms with E-state index in [1.807, 2.05) is 16.7 Å². The second-order valence-electron chi connectivity index (χ2n) is 10.9. The van der Waals surface area contributed by atoms with Crippen LogP contribution in [0.1, 0.15) is 51.8 Å². The van der Waals surface area contributed by atoms with E-state index in [1.165, 1.54) is 12.5 Å². The Morgan fingerprint density at radius 2 is 1.81 bits per heavy atom. The molecule has 0 saturated carbocycles. The first-order chi connectivity index (χ1) is 22.9. The molecule has 0 radical (unpaired) electrons. The van der Waals surface area contributed by atoms with Crippen molar-refractivity contribution in [2.45, 2.75) is 44.6 Å². The number of hydrogen-bond donors (Lipinski definition) is 2. The fraction of sp³-hybridized carbons (Fsp3) is 0.281. The van der Waals surface area contributed by atoms with Crippen LogP contribution in [0.3, 0.4) is 0 Å². The van der Waals surface area contributed by atoms with Gasteiger partial charge in [0.05, 0.1) is 35.9 Å². The maximum Gasteiger partial charge on any atom is 0.490 e. The quantitative estimate of drug-likeness (QED) is 0.164. The molecule has 0 amide bonds. The van der Waals surface area contributed by atoms with E-state index in [0.29, 0.717) is 35.3 Å². The molecule has 2 N–H and O–H groups in total. The van der Waals surface area contributed by atoms with E-state index in [2.05, 4.69) is 14.9 Å². The van der Waals surface area contributed by atoms with Crippen LogP contribution in [0, 0.1) is 5.82 Å². The summed E-state index contributed by atoms with van der Waals surface area (Å²) in [6, 6.07) is 13.4. The van der Waals surface area contributed by atoms with Gasteiger partial charge in [-0.3, -0.25) is 4.90 Å². The van der Waals surface area contributed by atoms with E-state index in [-0.39, 0.29) is 18.1 Å². The predicted molar refractivity (Wildman–Crippen MR) is 163 cm³/mol. The van der Waals surface area contributed by atoms with Crippen LogP contribution >= 0.6 is 11.6 Å². The summed E-state index contributed by atoms with van der Waals surface area (Å²) in [5.74, 6) is -1.90. The number of aromatic carboxylic acids is 1. The van der Waals surface area contributed by atoms with Crippen molar-refractivity contribution >= 4 is 34.6 Å². The minimum atomic E-state index is -5.08. The molecule has 1 saturated heterocycles. The maximum atomic E-state index is 14.3. The van der Waals surface area contributed by atoms with Crippen molar-refractivity contribution in [3.63, 3.8) is 0 Å². The lowest BCUT2D eigenvalue weighted by Gasteiger charge is -2.32. The van der Waals surface area contributed by atoms with Gasteiger partial charge in [-0.25, -0.2) is 28.9 Å². The number of likely N-dealkylation sites (tertiary alicyclic amines) is 1. The van der Waals surface area contributed by atoms with Crippen LogP contribution in [0.2, 0.25) is 5.02 Å². The number of carbonyl (C=O) groups is 2. The third-order valence-electron chi connectivity index (χ3n) is 7.69. The number of pyridine rings is 1. The summed E-state index contributed by atoms with van der Waals surface area (Å²) in [6.45, 7) is 2.73. The number of carboxylic acids is 2. The van der Waals surface area contributed by atoms with Crippen molar-refractivity contribution in [2.24, 2.45) is 0 Å². The first-order valence-corrected chi connectivity index (χ1v) is 14.9. The summed E-state index contributed by atoms with van der Waals surface area (Å²) in [5, 5.41) is 17.0. The van der Waals surface area contributed by atoms with Crippen molar-refractivity contribution < 1.29 is 46.5 Å². The highest BCUT2D eigenvalue weighted by molar-refractivity contribution is 6.30. The summed E-state index contributed by atoms with van der Waals surface area (Å²) in [7, 11) is 0. The van der Waals surface area contributed by atoms with Crippen LogP contribution in [0.15, 0.2) is 71.7 Å². The van der Waals surface area contributed by atoms with E-state index >= 15 is 0 Å². The van der Waals surface area contributed by atoms with Crippen LogP contribution in [0.25, 0.3) is 11.0 Å². The zero-order valence-electron chi connectivity index (χ0n) is 25.0. The first kappa shape index (κ1) is 34.3. The largest absolute Gasteiger partial charge is 0.490 e. The van der Waals surface area contributed by atoms with Crippen molar-refractivity contribution in [3.8, 4) is 5.88 Å². The molecule has 4 heterocycles. The molecule has 0 spiro atoms.